The van der Waals surface area contributed by atoms with Gasteiger partial charge in [0.2, 0.25) is 5.91 Å². The van der Waals surface area contributed by atoms with Crippen molar-refractivity contribution in [3.05, 3.63) is 0 Å². The van der Waals surface area contributed by atoms with Crippen LogP contribution in [0.2, 0.25) is 0 Å². The summed E-state index contributed by atoms with van der Waals surface area (Å²) in [4.78, 5) is 17.0. The molecule has 1 heterocycles. The van der Waals surface area contributed by atoms with Crippen molar-refractivity contribution in [3.8, 4) is 6.07 Å². The van der Waals surface area contributed by atoms with Crippen LogP contribution in [-0.4, -0.2) is 47.9 Å². The Hall–Kier alpha value is -1.08. The van der Waals surface area contributed by atoms with Gasteiger partial charge in [-0.05, 0) is 31.1 Å². The molecule has 0 radical (unpaired) electrons. The third-order valence-corrected chi connectivity index (χ3v) is 5.72. The summed E-state index contributed by atoms with van der Waals surface area (Å²) in [6.45, 7) is 5.49. The number of piperazine rings is 1. The number of nitriles is 1. The monoisotopic (exact) mass is 289 g/mol. The number of nitrogens with zero attached hydrogens (tertiary/aromatic N) is 3. The van der Waals surface area contributed by atoms with Crippen molar-refractivity contribution >= 4 is 5.91 Å². The Balaban J connectivity index is 1.50. The van der Waals surface area contributed by atoms with E-state index in [1.54, 1.807) is 0 Å². The van der Waals surface area contributed by atoms with Gasteiger partial charge in [-0.15, -0.1) is 0 Å². The lowest BCUT2D eigenvalue weighted by Crippen LogP contribution is -2.52. The van der Waals surface area contributed by atoms with E-state index < -0.39 is 0 Å². The van der Waals surface area contributed by atoms with Crippen molar-refractivity contribution in [2.45, 2.75) is 51.5 Å². The number of carbonyl (C=O) groups excluding carboxylic acids is 1. The van der Waals surface area contributed by atoms with Gasteiger partial charge in [-0.25, -0.2) is 0 Å². The van der Waals surface area contributed by atoms with Crippen LogP contribution in [0.5, 0.6) is 0 Å². The van der Waals surface area contributed by atoms with E-state index in [1.807, 2.05) is 0 Å². The van der Waals surface area contributed by atoms with E-state index in [-0.39, 0.29) is 6.04 Å². The Bertz CT molecular complexity index is 410. The fraction of sp³-hybridized carbons (Fsp3) is 0.882. The molecule has 2 aliphatic carbocycles. The average molecular weight is 289 g/mol. The molecule has 3 atom stereocenters. The number of amides is 1. The molecule has 3 rings (SSSR count). The summed E-state index contributed by atoms with van der Waals surface area (Å²) in [7, 11) is 0. The molecule has 21 heavy (non-hydrogen) atoms. The van der Waals surface area contributed by atoms with Gasteiger partial charge in [-0.3, -0.25) is 9.69 Å². The third kappa shape index (κ3) is 2.94. The van der Waals surface area contributed by atoms with E-state index in [1.165, 1.54) is 25.7 Å². The Kier molecular flexibility index (Phi) is 4.49. The zero-order valence-corrected chi connectivity index (χ0v) is 13.1. The van der Waals surface area contributed by atoms with Gasteiger partial charge in [0, 0.05) is 32.1 Å². The first-order valence-electron chi connectivity index (χ1n) is 8.68. The van der Waals surface area contributed by atoms with Crippen LogP contribution in [0, 0.1) is 29.1 Å². The van der Waals surface area contributed by atoms with E-state index in [9.17, 15) is 10.1 Å². The van der Waals surface area contributed by atoms with Crippen molar-refractivity contribution in [2.75, 3.05) is 26.2 Å². The molecule has 0 bridgehead atoms. The van der Waals surface area contributed by atoms with Gasteiger partial charge in [0.25, 0.3) is 0 Å². The minimum Gasteiger partial charge on any atom is -0.340 e. The molecule has 1 saturated heterocycles. The SMILES string of the molecule is CCCC(C#N)N1CCN(C(=O)C2C3CCCCC32)CC1. The number of rotatable bonds is 4. The van der Waals surface area contributed by atoms with Crippen LogP contribution in [0.25, 0.3) is 0 Å². The Morgan fingerprint density at radius 3 is 2.33 bits per heavy atom. The van der Waals surface area contributed by atoms with Crippen molar-refractivity contribution in [1.29, 1.82) is 5.26 Å². The van der Waals surface area contributed by atoms with Crippen LogP contribution >= 0.6 is 0 Å². The van der Waals surface area contributed by atoms with Crippen LogP contribution in [0.3, 0.4) is 0 Å². The Labute approximate surface area is 128 Å². The normalized spacial score (nSPS) is 33.9. The molecule has 0 spiro atoms. The molecule has 0 N–H and O–H groups in total. The van der Waals surface area contributed by atoms with Gasteiger partial charge in [0.15, 0.2) is 0 Å². The van der Waals surface area contributed by atoms with E-state index in [4.69, 9.17) is 0 Å². The first-order valence-corrected chi connectivity index (χ1v) is 8.68. The smallest absolute Gasteiger partial charge is 0.226 e. The number of fused-ring (bicyclic) bond motifs is 1. The Morgan fingerprint density at radius 1 is 1.19 bits per heavy atom. The highest BCUT2D eigenvalue weighted by Crippen LogP contribution is 2.56. The highest BCUT2D eigenvalue weighted by atomic mass is 16.2. The highest BCUT2D eigenvalue weighted by Gasteiger charge is 2.55. The van der Waals surface area contributed by atoms with Crippen LogP contribution < -0.4 is 0 Å². The van der Waals surface area contributed by atoms with Crippen LogP contribution in [-0.2, 0) is 4.79 Å². The second kappa shape index (κ2) is 6.36. The molecule has 0 aromatic rings. The molecule has 1 aliphatic heterocycles. The van der Waals surface area contributed by atoms with E-state index in [2.05, 4.69) is 22.8 Å². The van der Waals surface area contributed by atoms with Crippen molar-refractivity contribution in [1.82, 2.24) is 9.80 Å². The zero-order chi connectivity index (χ0) is 14.8. The molecule has 116 valence electrons. The van der Waals surface area contributed by atoms with Gasteiger partial charge < -0.3 is 4.90 Å². The van der Waals surface area contributed by atoms with Crippen LogP contribution in [0.4, 0.5) is 0 Å². The largest absolute Gasteiger partial charge is 0.340 e. The van der Waals surface area contributed by atoms with Gasteiger partial charge >= 0.3 is 0 Å². The maximum absolute atomic E-state index is 12.6. The minimum atomic E-state index is 0.0377. The number of hydrogen-bond donors (Lipinski definition) is 0. The van der Waals surface area contributed by atoms with Crippen LogP contribution in [0.1, 0.15) is 45.4 Å². The Morgan fingerprint density at radius 2 is 1.81 bits per heavy atom. The first-order chi connectivity index (χ1) is 10.3. The molecule has 1 amide bonds. The quantitative estimate of drug-likeness (QED) is 0.797. The maximum atomic E-state index is 12.6. The molecule has 3 fully saturated rings. The van der Waals surface area contributed by atoms with Crippen LogP contribution in [0.15, 0.2) is 0 Å². The highest BCUT2D eigenvalue weighted by molar-refractivity contribution is 5.82. The van der Waals surface area contributed by atoms with Crippen molar-refractivity contribution in [2.24, 2.45) is 17.8 Å². The lowest BCUT2D eigenvalue weighted by Gasteiger charge is -2.37. The van der Waals surface area contributed by atoms with E-state index >= 15 is 0 Å². The fourth-order valence-corrected chi connectivity index (χ4v) is 4.43. The summed E-state index contributed by atoms with van der Waals surface area (Å²) < 4.78 is 0. The first kappa shape index (κ1) is 14.8. The molecule has 2 saturated carbocycles. The maximum Gasteiger partial charge on any atom is 0.226 e. The molecule has 3 unspecified atom stereocenters. The lowest BCUT2D eigenvalue weighted by atomic mass is 10.0. The summed E-state index contributed by atoms with van der Waals surface area (Å²) >= 11 is 0. The van der Waals surface area contributed by atoms with Crippen molar-refractivity contribution in [3.63, 3.8) is 0 Å². The number of carbonyl (C=O) groups is 1. The van der Waals surface area contributed by atoms with Gasteiger partial charge in [-0.2, -0.15) is 5.26 Å². The lowest BCUT2D eigenvalue weighted by molar-refractivity contribution is -0.135. The predicted molar refractivity (Wildman–Crippen MR) is 81.4 cm³/mol. The zero-order valence-electron chi connectivity index (χ0n) is 13.1. The molecule has 3 aliphatic rings. The molecule has 4 nitrogen and oxygen atoms in total. The van der Waals surface area contributed by atoms with E-state index in [0.717, 1.165) is 39.0 Å². The summed E-state index contributed by atoms with van der Waals surface area (Å²) in [5, 5.41) is 9.25. The standard InChI is InChI=1S/C17H27N3O/c1-2-5-13(12-18)19-8-10-20(11-9-19)17(21)16-14-6-3-4-7-15(14)16/h13-16H,2-11H2,1H3. The van der Waals surface area contributed by atoms with Crippen molar-refractivity contribution < 1.29 is 4.79 Å². The predicted octanol–water partition coefficient (Wildman–Crippen LogP) is 2.26. The second-order valence-corrected chi connectivity index (χ2v) is 6.93. The summed E-state index contributed by atoms with van der Waals surface area (Å²) in [5.41, 5.74) is 0. The minimum absolute atomic E-state index is 0.0377. The van der Waals surface area contributed by atoms with Gasteiger partial charge in [0.05, 0.1) is 12.1 Å². The third-order valence-electron chi connectivity index (χ3n) is 5.72. The molecule has 4 heteroatoms. The summed E-state index contributed by atoms with van der Waals surface area (Å²) in [6, 6.07) is 2.45. The summed E-state index contributed by atoms with van der Waals surface area (Å²) in [5.74, 6) is 2.17. The molecule has 0 aromatic carbocycles. The van der Waals surface area contributed by atoms with E-state index in [0.29, 0.717) is 23.7 Å². The molecule has 0 aromatic heterocycles. The molecular weight excluding hydrogens is 262 g/mol. The van der Waals surface area contributed by atoms with Gasteiger partial charge in [0.1, 0.15) is 0 Å². The second-order valence-electron chi connectivity index (χ2n) is 6.93. The average Bonchev–Trinajstić information content (AvgIpc) is 3.26. The fourth-order valence-electron chi connectivity index (χ4n) is 4.43. The van der Waals surface area contributed by atoms with Gasteiger partial charge in [-0.1, -0.05) is 26.2 Å². The topological polar surface area (TPSA) is 47.3 Å². The molecular formula is C17H27N3O. The summed E-state index contributed by atoms with van der Waals surface area (Å²) in [6.07, 6.45) is 7.17. The number of hydrogen-bond acceptors (Lipinski definition) is 3.